The first-order valence-corrected chi connectivity index (χ1v) is 18.3. The number of amides is 1. The fourth-order valence-corrected chi connectivity index (χ4v) is 9.16. The van der Waals surface area contributed by atoms with Crippen molar-refractivity contribution in [1.82, 2.24) is 9.71 Å². The van der Waals surface area contributed by atoms with E-state index in [1.807, 2.05) is 6.07 Å². The van der Waals surface area contributed by atoms with Gasteiger partial charge in [0, 0.05) is 35.3 Å². The van der Waals surface area contributed by atoms with E-state index in [0.29, 0.717) is 42.6 Å². The summed E-state index contributed by atoms with van der Waals surface area (Å²) in [6.45, 7) is 9.30. The Balaban J connectivity index is 1.33. The number of hydrogen-bond donors (Lipinski definition) is 2. The molecule has 248 valence electrons. The number of nitrogens with zero attached hydrogens (tertiary/aromatic N) is 2. The van der Waals surface area contributed by atoms with E-state index in [0.717, 1.165) is 37.8 Å². The zero-order valence-electron chi connectivity index (χ0n) is 26.5. The molecule has 8 nitrogen and oxygen atoms in total. The molecule has 2 aliphatic carbocycles. The van der Waals surface area contributed by atoms with Crippen molar-refractivity contribution < 1.29 is 23.1 Å². The highest BCUT2D eigenvalue weighted by Gasteiger charge is 2.44. The van der Waals surface area contributed by atoms with Crippen molar-refractivity contribution in [2.24, 2.45) is 11.8 Å². The van der Waals surface area contributed by atoms with E-state index in [4.69, 9.17) is 16.3 Å². The molecule has 3 aliphatic rings. The Morgan fingerprint density at radius 3 is 2.77 bits per heavy atom. The van der Waals surface area contributed by atoms with Crippen LogP contribution in [0, 0.1) is 11.8 Å². The lowest BCUT2D eigenvalue weighted by atomic mass is 9.68. The van der Waals surface area contributed by atoms with E-state index in [9.17, 15) is 18.3 Å². The first-order valence-electron chi connectivity index (χ1n) is 16.3. The molecule has 1 saturated carbocycles. The molecule has 2 aromatic carbocycles. The van der Waals surface area contributed by atoms with Crippen LogP contribution in [0.4, 0.5) is 5.69 Å². The van der Waals surface area contributed by atoms with Crippen molar-refractivity contribution in [2.75, 3.05) is 24.6 Å². The van der Waals surface area contributed by atoms with E-state index >= 15 is 0 Å². The number of ether oxygens (including phenoxy) is 1. The van der Waals surface area contributed by atoms with Crippen LogP contribution in [0.2, 0.25) is 5.02 Å². The molecule has 3 aromatic rings. The molecule has 2 heterocycles. The van der Waals surface area contributed by atoms with E-state index in [-0.39, 0.29) is 29.2 Å². The number of nitrogens with one attached hydrogen (secondary N) is 1. The molecule has 1 amide bonds. The summed E-state index contributed by atoms with van der Waals surface area (Å²) in [5.41, 5.74) is 3.47. The molecule has 5 atom stereocenters. The maximum absolute atomic E-state index is 13.7. The number of fused-ring (bicyclic) bond motifs is 3. The number of allylic oxidation sites excluding steroid dienone is 1. The van der Waals surface area contributed by atoms with Gasteiger partial charge in [-0.1, -0.05) is 35.9 Å². The lowest BCUT2D eigenvalue weighted by Crippen LogP contribution is -2.49. The average Bonchev–Trinajstić information content (AvgIpc) is 3.20. The molecule has 0 bridgehead atoms. The summed E-state index contributed by atoms with van der Waals surface area (Å²) in [5, 5.41) is 10.3. The quantitative estimate of drug-likeness (QED) is 0.222. The first kappa shape index (κ1) is 33.2. The van der Waals surface area contributed by atoms with Crippen LogP contribution in [0.1, 0.15) is 71.0 Å². The molecule has 6 rings (SSSR count). The van der Waals surface area contributed by atoms with E-state index in [1.165, 1.54) is 11.1 Å². The number of pyridine rings is 1. The number of sulfonamides is 1. The topological polar surface area (TPSA) is 109 Å². The number of benzene rings is 2. The zero-order chi connectivity index (χ0) is 33.2. The van der Waals surface area contributed by atoms with Crippen molar-refractivity contribution in [3.05, 3.63) is 114 Å². The number of carbonyl (C=O) groups excluding carboxylic acids is 1. The smallest absolute Gasteiger partial charge is 0.264 e. The van der Waals surface area contributed by atoms with Gasteiger partial charge in [0.25, 0.3) is 5.91 Å². The molecule has 1 aromatic heterocycles. The number of carbonyl (C=O) groups is 1. The molecular formula is C37H42ClN3O5S. The monoisotopic (exact) mass is 675 g/mol. The zero-order valence-corrected chi connectivity index (χ0v) is 28.1. The third-order valence-corrected chi connectivity index (χ3v) is 12.1. The molecule has 2 N–H and O–H groups in total. The van der Waals surface area contributed by atoms with Gasteiger partial charge < -0.3 is 14.7 Å². The van der Waals surface area contributed by atoms with Crippen LogP contribution < -0.4 is 14.4 Å². The van der Waals surface area contributed by atoms with Crippen LogP contribution in [-0.2, 0) is 21.9 Å². The van der Waals surface area contributed by atoms with Crippen molar-refractivity contribution in [3.8, 4) is 5.75 Å². The van der Waals surface area contributed by atoms with Crippen molar-refractivity contribution in [2.45, 2.75) is 61.7 Å². The third kappa shape index (κ3) is 6.84. The Morgan fingerprint density at radius 2 is 2.04 bits per heavy atom. The van der Waals surface area contributed by atoms with Crippen molar-refractivity contribution in [3.63, 3.8) is 0 Å². The van der Waals surface area contributed by atoms with Gasteiger partial charge in [0.05, 0.1) is 24.1 Å². The highest BCUT2D eigenvalue weighted by atomic mass is 35.5. The predicted octanol–water partition coefficient (Wildman–Crippen LogP) is 6.55. The number of anilines is 1. The Hall–Kier alpha value is -3.66. The van der Waals surface area contributed by atoms with Crippen LogP contribution >= 0.6 is 11.6 Å². The fourth-order valence-electron chi connectivity index (χ4n) is 7.54. The second kappa shape index (κ2) is 13.8. The van der Waals surface area contributed by atoms with Gasteiger partial charge in [0.1, 0.15) is 11.0 Å². The van der Waals surface area contributed by atoms with Crippen LogP contribution in [0.3, 0.4) is 0 Å². The number of hydrogen-bond acceptors (Lipinski definition) is 7. The molecule has 47 heavy (non-hydrogen) atoms. The molecule has 0 saturated heterocycles. The lowest BCUT2D eigenvalue weighted by Gasteiger charge is -2.45. The molecular weight excluding hydrogens is 634 g/mol. The summed E-state index contributed by atoms with van der Waals surface area (Å²) in [4.78, 5) is 20.2. The lowest BCUT2D eigenvalue weighted by molar-refractivity contribution is 0.0460. The van der Waals surface area contributed by atoms with Crippen molar-refractivity contribution in [1.29, 1.82) is 0 Å². The average molecular weight is 676 g/mol. The summed E-state index contributed by atoms with van der Waals surface area (Å²) in [6.07, 6.45) is 9.67. The Bertz CT molecular complexity index is 1750. The highest BCUT2D eigenvalue weighted by molar-refractivity contribution is 7.90. The van der Waals surface area contributed by atoms with Gasteiger partial charge in [0.2, 0.25) is 10.0 Å². The largest absolute Gasteiger partial charge is 0.490 e. The van der Waals surface area contributed by atoms with Crippen LogP contribution in [0.25, 0.3) is 0 Å². The SMILES string of the molecule is C=CCCC(c1ccccn1)S(=O)(=O)NC(=O)c1ccc2c(c1)N(C[C@@H]1CC[C@H]1C(O)C=C)C[C@@]1(CCCc3cc(Cl)ccc31)CO2. The van der Waals surface area contributed by atoms with Crippen molar-refractivity contribution >= 4 is 33.2 Å². The summed E-state index contributed by atoms with van der Waals surface area (Å²) < 4.78 is 36.1. The van der Waals surface area contributed by atoms with E-state index in [1.54, 1.807) is 54.7 Å². The van der Waals surface area contributed by atoms with Gasteiger partial charge in [-0.25, -0.2) is 13.1 Å². The van der Waals surface area contributed by atoms with Crippen LogP contribution in [0.15, 0.2) is 86.1 Å². The second-order valence-corrected chi connectivity index (χ2v) is 15.4. The Morgan fingerprint density at radius 1 is 1.19 bits per heavy atom. The normalized spacial score (nSPS) is 23.2. The van der Waals surface area contributed by atoms with Gasteiger partial charge in [-0.2, -0.15) is 0 Å². The highest BCUT2D eigenvalue weighted by Crippen LogP contribution is 2.46. The molecule has 1 aliphatic heterocycles. The predicted molar refractivity (Wildman–Crippen MR) is 185 cm³/mol. The number of halogens is 1. The van der Waals surface area contributed by atoms with Crippen LogP contribution in [-0.4, -0.2) is 50.2 Å². The maximum atomic E-state index is 13.7. The minimum absolute atomic E-state index is 0.101. The van der Waals surface area contributed by atoms with Crippen LogP contribution in [0.5, 0.6) is 5.75 Å². The molecule has 0 radical (unpaired) electrons. The van der Waals surface area contributed by atoms with Gasteiger partial charge >= 0.3 is 0 Å². The number of aliphatic hydroxyl groups excluding tert-OH is 1. The maximum Gasteiger partial charge on any atom is 0.264 e. The van der Waals surface area contributed by atoms with Gasteiger partial charge in [0.15, 0.2) is 0 Å². The fraction of sp³-hybridized carbons (Fsp3) is 0.405. The first-order chi connectivity index (χ1) is 22.6. The summed E-state index contributed by atoms with van der Waals surface area (Å²) >= 11 is 6.40. The number of aromatic nitrogens is 1. The second-order valence-electron chi connectivity index (χ2n) is 13.1. The Labute approximate surface area is 282 Å². The number of rotatable bonds is 11. The number of aryl methyl sites for hydroxylation is 1. The molecule has 1 fully saturated rings. The van der Waals surface area contributed by atoms with E-state index < -0.39 is 27.3 Å². The molecule has 2 unspecified atom stereocenters. The summed E-state index contributed by atoms with van der Waals surface area (Å²) in [5.74, 6) is 0.248. The number of aliphatic hydroxyl groups is 1. The Kier molecular flexibility index (Phi) is 9.78. The standard InChI is InChI=1S/C37H42ClN3O5S/c1-3-5-11-35(31-10-6-7-19-39-31)47(44,45)40-36(43)26-13-17-34-32(21-26)41(22-27-12-15-29(27)33(42)4-2)23-37(24-46-34)18-8-9-25-20-28(38)14-16-30(25)37/h3-4,6-7,10,13-14,16-17,19-21,27,29,33,35,42H,1-2,5,8-9,11-12,15,18,22-24H2,(H,40,43)/t27-,29+,33?,35?,37-/m0/s1. The van der Waals surface area contributed by atoms with Gasteiger partial charge in [-0.3, -0.25) is 9.78 Å². The molecule has 1 spiro atoms. The summed E-state index contributed by atoms with van der Waals surface area (Å²) in [6, 6.07) is 16.3. The van der Waals surface area contributed by atoms with Gasteiger partial charge in [-0.15, -0.1) is 13.2 Å². The molecule has 10 heteroatoms. The summed E-state index contributed by atoms with van der Waals surface area (Å²) in [7, 11) is -4.13. The minimum Gasteiger partial charge on any atom is -0.490 e. The third-order valence-electron chi connectivity index (χ3n) is 10.2. The van der Waals surface area contributed by atoms with E-state index in [2.05, 4.69) is 39.9 Å². The minimum atomic E-state index is -4.13. The van der Waals surface area contributed by atoms with Gasteiger partial charge in [-0.05, 0) is 110 Å².